The number of halogens is 6. The SMILES string of the molecule is CCC(NS(=O)(=O)c1ccc(-c2sc(-c3noc(CC(C)(C)C(=O)O)n3)nc2CN2CCC[C@@H]2C)c(C(F)F)c1F)C(F)(F)F. The Morgan fingerprint density at radius 2 is 1.93 bits per heavy atom. The highest BCUT2D eigenvalue weighted by atomic mass is 32.2. The highest BCUT2D eigenvalue weighted by molar-refractivity contribution is 7.89. The van der Waals surface area contributed by atoms with E-state index in [4.69, 9.17) is 4.52 Å². The van der Waals surface area contributed by atoms with Gasteiger partial charge in [0.1, 0.15) is 10.9 Å². The normalized spacial score (nSPS) is 17.4. The lowest BCUT2D eigenvalue weighted by atomic mass is 9.90. The first-order chi connectivity index (χ1) is 20.9. The van der Waals surface area contributed by atoms with Crippen molar-refractivity contribution in [2.45, 2.75) is 89.5 Å². The summed E-state index contributed by atoms with van der Waals surface area (Å²) in [6, 6.07) is -0.887. The molecule has 3 heterocycles. The number of carbonyl (C=O) groups is 1. The second kappa shape index (κ2) is 13.0. The van der Waals surface area contributed by atoms with Gasteiger partial charge in [0.2, 0.25) is 21.7 Å². The predicted molar refractivity (Wildman–Crippen MR) is 150 cm³/mol. The van der Waals surface area contributed by atoms with Crippen LogP contribution >= 0.6 is 11.3 Å². The lowest BCUT2D eigenvalue weighted by Crippen LogP contribution is -2.45. The van der Waals surface area contributed by atoms with E-state index in [9.17, 15) is 40.3 Å². The number of alkyl halides is 5. The van der Waals surface area contributed by atoms with Crippen molar-refractivity contribution in [3.05, 3.63) is 35.1 Å². The highest BCUT2D eigenvalue weighted by Crippen LogP contribution is 2.43. The molecule has 0 aliphatic carbocycles. The Morgan fingerprint density at radius 3 is 2.49 bits per heavy atom. The molecule has 3 aromatic rings. The van der Waals surface area contributed by atoms with E-state index in [-0.39, 0.29) is 46.3 Å². The molecule has 0 saturated carbocycles. The van der Waals surface area contributed by atoms with Gasteiger partial charge in [0.25, 0.3) is 6.43 Å². The molecule has 0 spiro atoms. The van der Waals surface area contributed by atoms with Gasteiger partial charge in [-0.2, -0.15) is 22.9 Å². The maximum Gasteiger partial charge on any atom is 0.404 e. The van der Waals surface area contributed by atoms with E-state index in [1.165, 1.54) is 18.6 Å². The van der Waals surface area contributed by atoms with Crippen LogP contribution in [-0.2, 0) is 27.8 Å². The van der Waals surface area contributed by atoms with Crippen LogP contribution in [0.1, 0.15) is 70.5 Å². The van der Waals surface area contributed by atoms with Crippen LogP contribution in [0.2, 0.25) is 0 Å². The smallest absolute Gasteiger partial charge is 0.404 e. The first-order valence-electron chi connectivity index (χ1n) is 13.9. The molecule has 1 unspecified atom stereocenters. The van der Waals surface area contributed by atoms with E-state index in [1.807, 2.05) is 11.8 Å². The van der Waals surface area contributed by atoms with Crippen molar-refractivity contribution in [1.82, 2.24) is 24.7 Å². The minimum atomic E-state index is -5.21. The largest absolute Gasteiger partial charge is 0.481 e. The van der Waals surface area contributed by atoms with Crippen LogP contribution in [0.5, 0.6) is 0 Å². The molecule has 1 aromatic carbocycles. The third-order valence-corrected chi connectivity index (χ3v) is 10.2. The van der Waals surface area contributed by atoms with Crippen molar-refractivity contribution in [1.29, 1.82) is 0 Å². The van der Waals surface area contributed by atoms with Gasteiger partial charge in [0.15, 0.2) is 10.8 Å². The van der Waals surface area contributed by atoms with Gasteiger partial charge in [-0.3, -0.25) is 9.69 Å². The zero-order valence-electron chi connectivity index (χ0n) is 24.6. The molecule has 0 radical (unpaired) electrons. The van der Waals surface area contributed by atoms with Crippen molar-refractivity contribution in [3.8, 4) is 21.3 Å². The summed E-state index contributed by atoms with van der Waals surface area (Å²) in [7, 11) is -5.21. The molecule has 45 heavy (non-hydrogen) atoms. The number of sulfonamides is 1. The lowest BCUT2D eigenvalue weighted by molar-refractivity contribution is -0.151. The number of benzene rings is 1. The molecule has 2 aromatic heterocycles. The second-order valence-electron chi connectivity index (χ2n) is 11.4. The highest BCUT2D eigenvalue weighted by Gasteiger charge is 2.42. The Morgan fingerprint density at radius 1 is 1.24 bits per heavy atom. The number of aromatic nitrogens is 3. The van der Waals surface area contributed by atoms with Crippen molar-refractivity contribution < 1.29 is 49.2 Å². The molecule has 18 heteroatoms. The number of hydrogen-bond donors (Lipinski definition) is 2. The molecule has 4 rings (SSSR count). The third kappa shape index (κ3) is 7.49. The number of carboxylic acids is 1. The Hall–Kier alpha value is -3.09. The fourth-order valence-electron chi connectivity index (χ4n) is 4.88. The quantitative estimate of drug-likeness (QED) is 0.214. The van der Waals surface area contributed by atoms with E-state index < -0.39 is 68.3 Å². The minimum absolute atomic E-state index is 0.0190. The van der Waals surface area contributed by atoms with Gasteiger partial charge in [0, 0.05) is 24.6 Å². The van der Waals surface area contributed by atoms with Crippen LogP contribution in [0, 0.1) is 11.2 Å². The molecular formula is C27H31F6N5O5S2. The Labute approximate surface area is 258 Å². The van der Waals surface area contributed by atoms with E-state index in [1.54, 1.807) is 0 Å². The number of carboxylic acid groups (broad SMARTS) is 1. The van der Waals surface area contributed by atoms with Crippen LogP contribution < -0.4 is 4.72 Å². The minimum Gasteiger partial charge on any atom is -0.481 e. The molecular weight excluding hydrogens is 652 g/mol. The summed E-state index contributed by atoms with van der Waals surface area (Å²) < 4.78 is 117. The monoisotopic (exact) mass is 683 g/mol. The number of thiazole rings is 1. The number of rotatable bonds is 12. The number of nitrogens with zero attached hydrogens (tertiary/aromatic N) is 4. The van der Waals surface area contributed by atoms with Gasteiger partial charge < -0.3 is 9.63 Å². The van der Waals surface area contributed by atoms with E-state index in [0.717, 1.165) is 37.2 Å². The average molecular weight is 684 g/mol. The fourth-order valence-corrected chi connectivity index (χ4v) is 7.31. The summed E-state index contributed by atoms with van der Waals surface area (Å²) in [6.45, 7) is 6.77. The number of nitrogens with one attached hydrogen (secondary N) is 1. The number of aliphatic carboxylic acids is 1. The maximum atomic E-state index is 15.7. The standard InChI is InChI=1S/C27H31F6N5O5S2/c1-5-17(27(31,32)33)37-45(41,42)16-9-8-14(19(20(16)28)22(29)30)21-15(12-38-10-6-7-13(38)2)34-24(44-21)23-35-18(43-36-23)11-26(3,4)25(39)40/h8-9,13,17,22,37H,5-7,10-12H2,1-4H3,(H,39,40)/t13-,17?/m0/s1. The molecule has 0 amide bonds. The van der Waals surface area contributed by atoms with Gasteiger partial charge in [-0.05, 0) is 52.6 Å². The second-order valence-corrected chi connectivity index (χ2v) is 14.1. The first kappa shape index (κ1) is 34.8. The zero-order valence-corrected chi connectivity index (χ0v) is 26.2. The van der Waals surface area contributed by atoms with E-state index >= 15 is 4.39 Å². The van der Waals surface area contributed by atoms with Gasteiger partial charge in [-0.1, -0.05) is 18.1 Å². The summed E-state index contributed by atoms with van der Waals surface area (Å²) in [5.41, 5.74) is -2.72. The molecule has 248 valence electrons. The van der Waals surface area contributed by atoms with Crippen LogP contribution in [0.4, 0.5) is 26.3 Å². The lowest BCUT2D eigenvalue weighted by Gasteiger charge is -2.22. The van der Waals surface area contributed by atoms with Gasteiger partial charge in [-0.15, -0.1) is 11.3 Å². The van der Waals surface area contributed by atoms with Crippen LogP contribution in [-0.4, -0.2) is 64.3 Å². The van der Waals surface area contributed by atoms with Crippen LogP contribution in [0.3, 0.4) is 0 Å². The maximum absolute atomic E-state index is 15.7. The third-order valence-electron chi connectivity index (χ3n) is 7.57. The Kier molecular flexibility index (Phi) is 10.0. The fraction of sp³-hybridized carbons (Fsp3) is 0.556. The summed E-state index contributed by atoms with van der Waals surface area (Å²) in [6.07, 6.45) is -7.65. The molecule has 1 aliphatic rings. The summed E-state index contributed by atoms with van der Waals surface area (Å²) in [5, 5.41) is 13.4. The van der Waals surface area contributed by atoms with Gasteiger partial charge in [-0.25, -0.2) is 26.6 Å². The Bertz CT molecular complexity index is 1660. The summed E-state index contributed by atoms with van der Waals surface area (Å²) in [4.78, 5) is 21.0. The molecule has 1 fully saturated rings. The molecule has 1 saturated heterocycles. The van der Waals surface area contributed by atoms with E-state index in [2.05, 4.69) is 15.1 Å². The first-order valence-corrected chi connectivity index (χ1v) is 16.2. The van der Waals surface area contributed by atoms with Crippen molar-refractivity contribution in [2.75, 3.05) is 6.54 Å². The Balaban J connectivity index is 1.82. The molecule has 2 atom stereocenters. The molecule has 2 N–H and O–H groups in total. The average Bonchev–Trinajstić information content (AvgIpc) is 3.66. The summed E-state index contributed by atoms with van der Waals surface area (Å²) in [5.74, 6) is -3.08. The number of likely N-dealkylation sites (tertiary alicyclic amines) is 1. The van der Waals surface area contributed by atoms with Crippen LogP contribution in [0.25, 0.3) is 21.3 Å². The topological polar surface area (TPSA) is 139 Å². The molecule has 10 nitrogen and oxygen atoms in total. The predicted octanol–water partition coefficient (Wildman–Crippen LogP) is 6.19. The molecule has 0 bridgehead atoms. The summed E-state index contributed by atoms with van der Waals surface area (Å²) >= 11 is 0.806. The van der Waals surface area contributed by atoms with Crippen molar-refractivity contribution in [2.24, 2.45) is 5.41 Å². The zero-order chi connectivity index (χ0) is 33.5. The van der Waals surface area contributed by atoms with Gasteiger partial charge >= 0.3 is 12.1 Å². The number of hydrogen-bond acceptors (Lipinski definition) is 9. The van der Waals surface area contributed by atoms with Crippen molar-refractivity contribution >= 4 is 27.3 Å². The molecule has 1 aliphatic heterocycles. The van der Waals surface area contributed by atoms with E-state index in [0.29, 0.717) is 12.6 Å². The van der Waals surface area contributed by atoms with Gasteiger partial charge in [0.05, 0.1) is 21.5 Å². The van der Waals surface area contributed by atoms with Crippen LogP contribution in [0.15, 0.2) is 21.6 Å². The van der Waals surface area contributed by atoms with Crippen molar-refractivity contribution in [3.63, 3.8) is 0 Å².